The van der Waals surface area contributed by atoms with Crippen LogP contribution in [0.2, 0.25) is 0 Å². The van der Waals surface area contributed by atoms with Crippen molar-refractivity contribution in [3.63, 3.8) is 0 Å². The maximum absolute atomic E-state index is 14.9. The second-order valence-corrected chi connectivity index (χ2v) is 8.34. The quantitative estimate of drug-likeness (QED) is 0.819. The van der Waals surface area contributed by atoms with E-state index in [2.05, 4.69) is 20.3 Å². The van der Waals surface area contributed by atoms with Gasteiger partial charge in [0.25, 0.3) is 5.91 Å². The molecule has 0 unspecified atom stereocenters. The molecule has 1 aromatic carbocycles. The number of aryl methyl sites for hydroxylation is 1. The summed E-state index contributed by atoms with van der Waals surface area (Å²) in [4.78, 5) is 25.2. The van der Waals surface area contributed by atoms with Gasteiger partial charge in [-0.15, -0.1) is 0 Å². The van der Waals surface area contributed by atoms with Crippen LogP contribution in [0.3, 0.4) is 0 Å². The third-order valence-electron chi connectivity index (χ3n) is 5.25. The Balaban J connectivity index is 1.70. The lowest BCUT2D eigenvalue weighted by Crippen LogP contribution is -2.48. The molecule has 0 bridgehead atoms. The number of aliphatic imine (C=N–C) groups is 1. The zero-order chi connectivity index (χ0) is 19.9. The Labute approximate surface area is 166 Å². The number of aromatic nitrogens is 2. The van der Waals surface area contributed by atoms with E-state index in [9.17, 15) is 9.18 Å². The van der Waals surface area contributed by atoms with Crippen molar-refractivity contribution in [2.75, 3.05) is 24.3 Å². The van der Waals surface area contributed by atoms with Gasteiger partial charge in [-0.05, 0) is 25.1 Å². The van der Waals surface area contributed by atoms with Crippen LogP contribution in [0.25, 0.3) is 0 Å². The zero-order valence-electron chi connectivity index (χ0n) is 15.5. The smallest absolute Gasteiger partial charge is 0.275 e. The van der Waals surface area contributed by atoms with Crippen LogP contribution in [0.5, 0.6) is 0 Å². The molecular formula is C19H20FN5O2S. The number of ether oxygens (including phenoxy) is 1. The number of halogens is 1. The van der Waals surface area contributed by atoms with Gasteiger partial charge in [0.1, 0.15) is 17.1 Å². The summed E-state index contributed by atoms with van der Waals surface area (Å²) in [5, 5.41) is 3.16. The van der Waals surface area contributed by atoms with Crippen LogP contribution in [0.1, 0.15) is 28.7 Å². The minimum absolute atomic E-state index is 0.181. The largest absolute Gasteiger partial charge is 0.379 e. The number of hydrogen-bond acceptors (Lipinski definition) is 7. The van der Waals surface area contributed by atoms with Crippen LogP contribution >= 0.6 is 11.8 Å². The Kier molecular flexibility index (Phi) is 4.59. The molecule has 1 saturated heterocycles. The van der Waals surface area contributed by atoms with Gasteiger partial charge in [0, 0.05) is 28.6 Å². The van der Waals surface area contributed by atoms with Crippen molar-refractivity contribution < 1.29 is 13.9 Å². The maximum Gasteiger partial charge on any atom is 0.275 e. The molecule has 0 spiro atoms. The molecule has 2 aromatic rings. The summed E-state index contributed by atoms with van der Waals surface area (Å²) < 4.78 is 20.6. The van der Waals surface area contributed by atoms with Gasteiger partial charge in [0.2, 0.25) is 0 Å². The van der Waals surface area contributed by atoms with Crippen molar-refractivity contribution in [1.82, 2.24) is 9.97 Å². The molecule has 28 heavy (non-hydrogen) atoms. The standard InChI is InChI=1S/C19H20FN5O2S/c1-11-6-23-15(7-22-11)16(26)24-12-3-4-14(20)13(5-12)19-9-27-8-18(19,2)10-28-17(21)25-19/h3-7H,8-10H2,1-2H3,(H2,21,25)(H,24,26)/t18-,19+/m0/s1. The first kappa shape index (κ1) is 18.8. The predicted octanol–water partition coefficient (Wildman–Crippen LogP) is 2.47. The Morgan fingerprint density at radius 2 is 2.14 bits per heavy atom. The fourth-order valence-electron chi connectivity index (χ4n) is 3.59. The Bertz CT molecular complexity index is 967. The molecule has 1 fully saturated rings. The number of amidine groups is 1. The van der Waals surface area contributed by atoms with Crippen LogP contribution < -0.4 is 11.1 Å². The monoisotopic (exact) mass is 401 g/mol. The van der Waals surface area contributed by atoms with Crippen molar-refractivity contribution in [3.8, 4) is 0 Å². The predicted molar refractivity (Wildman–Crippen MR) is 106 cm³/mol. The zero-order valence-corrected chi connectivity index (χ0v) is 16.3. The minimum Gasteiger partial charge on any atom is -0.379 e. The lowest BCUT2D eigenvalue weighted by molar-refractivity contribution is 0.102. The summed E-state index contributed by atoms with van der Waals surface area (Å²) in [5.41, 5.74) is 6.37. The lowest BCUT2D eigenvalue weighted by Gasteiger charge is -2.42. The number of nitrogens with one attached hydrogen (secondary N) is 1. The summed E-state index contributed by atoms with van der Waals surface area (Å²) in [6.45, 7) is 4.51. The fraction of sp³-hybridized carbons (Fsp3) is 0.368. The second kappa shape index (κ2) is 6.82. The average Bonchev–Trinajstić information content (AvgIpc) is 3.01. The van der Waals surface area contributed by atoms with E-state index < -0.39 is 22.7 Å². The van der Waals surface area contributed by atoms with Gasteiger partial charge in [-0.3, -0.25) is 9.78 Å². The molecule has 0 aliphatic carbocycles. The molecule has 9 heteroatoms. The first-order chi connectivity index (χ1) is 13.3. The van der Waals surface area contributed by atoms with Crippen molar-refractivity contribution in [1.29, 1.82) is 0 Å². The van der Waals surface area contributed by atoms with Crippen LogP contribution in [0.4, 0.5) is 10.1 Å². The summed E-state index contributed by atoms with van der Waals surface area (Å²) in [5.74, 6) is -0.152. The number of nitrogens with two attached hydrogens (primary N) is 1. The highest BCUT2D eigenvalue weighted by Gasteiger charge is 2.57. The number of nitrogens with zero attached hydrogens (tertiary/aromatic N) is 3. The lowest BCUT2D eigenvalue weighted by atomic mass is 9.70. The average molecular weight is 401 g/mol. The van der Waals surface area contributed by atoms with Crippen molar-refractivity contribution in [2.45, 2.75) is 19.4 Å². The fourth-order valence-corrected chi connectivity index (χ4v) is 4.60. The van der Waals surface area contributed by atoms with Crippen LogP contribution in [0, 0.1) is 18.2 Å². The second-order valence-electron chi connectivity index (χ2n) is 7.34. The number of rotatable bonds is 3. The number of hydrogen-bond donors (Lipinski definition) is 2. The number of benzene rings is 1. The van der Waals surface area contributed by atoms with Crippen LogP contribution in [-0.2, 0) is 10.3 Å². The van der Waals surface area contributed by atoms with E-state index >= 15 is 0 Å². The SMILES string of the molecule is Cc1cnc(C(=O)Nc2ccc(F)c([C@]34COC[C@@]3(C)CSC(N)=N4)c2)cn1. The van der Waals surface area contributed by atoms with Gasteiger partial charge in [0.15, 0.2) is 5.17 Å². The third-order valence-corrected chi connectivity index (χ3v) is 6.42. The molecule has 3 N–H and O–H groups in total. The van der Waals surface area contributed by atoms with E-state index in [4.69, 9.17) is 10.5 Å². The van der Waals surface area contributed by atoms with E-state index in [1.165, 1.54) is 36.3 Å². The maximum atomic E-state index is 14.9. The number of carbonyl (C=O) groups is 1. The van der Waals surface area contributed by atoms with Gasteiger partial charge < -0.3 is 15.8 Å². The van der Waals surface area contributed by atoms with Crippen LogP contribution in [-0.4, -0.2) is 40.0 Å². The summed E-state index contributed by atoms with van der Waals surface area (Å²) in [6, 6.07) is 4.44. The van der Waals surface area contributed by atoms with Crippen molar-refractivity contribution >= 4 is 28.5 Å². The van der Waals surface area contributed by atoms with Crippen molar-refractivity contribution in [3.05, 3.63) is 53.4 Å². The van der Waals surface area contributed by atoms with E-state index in [1.807, 2.05) is 6.92 Å². The van der Waals surface area contributed by atoms with E-state index in [0.29, 0.717) is 34.5 Å². The van der Waals surface area contributed by atoms with Gasteiger partial charge >= 0.3 is 0 Å². The van der Waals surface area contributed by atoms with Gasteiger partial charge in [-0.2, -0.15) is 0 Å². The molecule has 2 aliphatic heterocycles. The Hall–Kier alpha value is -2.52. The Morgan fingerprint density at radius 3 is 2.89 bits per heavy atom. The topological polar surface area (TPSA) is 102 Å². The molecule has 2 aliphatic rings. The van der Waals surface area contributed by atoms with E-state index in [-0.39, 0.29) is 12.3 Å². The first-order valence-corrected chi connectivity index (χ1v) is 9.77. The number of thioether (sulfide) groups is 1. The van der Waals surface area contributed by atoms with Crippen LogP contribution in [0.15, 0.2) is 35.6 Å². The minimum atomic E-state index is -0.920. The molecule has 7 nitrogen and oxygen atoms in total. The van der Waals surface area contributed by atoms with Crippen molar-refractivity contribution in [2.24, 2.45) is 16.1 Å². The van der Waals surface area contributed by atoms with Gasteiger partial charge in [0.05, 0.1) is 25.1 Å². The third kappa shape index (κ3) is 3.04. The molecule has 2 atom stereocenters. The summed E-state index contributed by atoms with van der Waals surface area (Å²) >= 11 is 1.45. The Morgan fingerprint density at radius 1 is 1.32 bits per heavy atom. The molecule has 146 valence electrons. The number of amides is 1. The molecule has 4 rings (SSSR count). The number of anilines is 1. The highest BCUT2D eigenvalue weighted by atomic mass is 32.2. The first-order valence-electron chi connectivity index (χ1n) is 8.79. The molecule has 3 heterocycles. The van der Waals surface area contributed by atoms with Gasteiger partial charge in [-0.25, -0.2) is 14.4 Å². The van der Waals surface area contributed by atoms with E-state index in [1.54, 1.807) is 13.0 Å². The number of carbonyl (C=O) groups excluding carboxylic acids is 1. The molecular weight excluding hydrogens is 381 g/mol. The molecule has 0 saturated carbocycles. The summed E-state index contributed by atoms with van der Waals surface area (Å²) in [6.07, 6.45) is 2.92. The highest BCUT2D eigenvalue weighted by molar-refractivity contribution is 8.13. The molecule has 1 aromatic heterocycles. The van der Waals surface area contributed by atoms with E-state index in [0.717, 1.165) is 0 Å². The molecule has 1 amide bonds. The molecule has 0 radical (unpaired) electrons. The van der Waals surface area contributed by atoms with Gasteiger partial charge in [-0.1, -0.05) is 18.7 Å². The normalized spacial score (nSPS) is 26.5. The highest BCUT2D eigenvalue weighted by Crippen LogP contribution is 2.53. The number of fused-ring (bicyclic) bond motifs is 1. The summed E-state index contributed by atoms with van der Waals surface area (Å²) in [7, 11) is 0.